The normalized spacial score (nSPS) is 11.4. The minimum Gasteiger partial charge on any atom is -0.351 e. The third kappa shape index (κ3) is 5.15. The lowest BCUT2D eigenvalue weighted by Gasteiger charge is -2.24. The zero-order valence-electron chi connectivity index (χ0n) is 11.7. The van der Waals surface area contributed by atoms with Crippen LogP contribution in [0.3, 0.4) is 0 Å². The van der Waals surface area contributed by atoms with Gasteiger partial charge >= 0.3 is 0 Å². The van der Waals surface area contributed by atoms with Gasteiger partial charge in [0, 0.05) is 16.9 Å². The van der Waals surface area contributed by atoms with Crippen LogP contribution in [0.1, 0.15) is 42.6 Å². The molecule has 0 spiro atoms. The molecule has 4 heteroatoms. The topological polar surface area (TPSA) is 29.1 Å². The van der Waals surface area contributed by atoms with Crippen LogP contribution in [0.2, 0.25) is 0 Å². The molecule has 2 nitrogen and oxygen atoms in total. The fourth-order valence-corrected chi connectivity index (χ4v) is 2.45. The molecule has 1 rings (SSSR count). The van der Waals surface area contributed by atoms with Crippen LogP contribution in [0.15, 0.2) is 22.7 Å². The van der Waals surface area contributed by atoms with Gasteiger partial charge in [-0.15, -0.1) is 11.6 Å². The standard InChI is InChI=1S/C15H21BrClNO/c1-11-6-4-7-12(13(11)16)14(19)18-10-15(2,3)8-5-9-17/h4,6-7H,5,8-10H2,1-3H3,(H,18,19). The minimum atomic E-state index is -0.0328. The number of benzene rings is 1. The van der Waals surface area contributed by atoms with Gasteiger partial charge in [-0.05, 0) is 52.7 Å². The number of halogens is 2. The van der Waals surface area contributed by atoms with Gasteiger partial charge in [0.15, 0.2) is 0 Å². The van der Waals surface area contributed by atoms with Crippen LogP contribution < -0.4 is 5.32 Å². The molecule has 1 N–H and O–H groups in total. The van der Waals surface area contributed by atoms with E-state index in [0.717, 1.165) is 22.9 Å². The molecule has 19 heavy (non-hydrogen) atoms. The Morgan fingerprint density at radius 2 is 2.11 bits per heavy atom. The summed E-state index contributed by atoms with van der Waals surface area (Å²) < 4.78 is 0.867. The highest BCUT2D eigenvalue weighted by Crippen LogP contribution is 2.23. The second kappa shape index (κ2) is 7.30. The number of hydrogen-bond donors (Lipinski definition) is 1. The van der Waals surface area contributed by atoms with Crippen molar-refractivity contribution in [3.05, 3.63) is 33.8 Å². The summed E-state index contributed by atoms with van der Waals surface area (Å²) in [6.45, 7) is 6.92. The molecular weight excluding hydrogens is 326 g/mol. The van der Waals surface area contributed by atoms with Gasteiger partial charge in [-0.2, -0.15) is 0 Å². The molecule has 1 amide bonds. The Kier molecular flexibility index (Phi) is 6.34. The van der Waals surface area contributed by atoms with Gasteiger partial charge in [-0.1, -0.05) is 26.0 Å². The maximum atomic E-state index is 12.2. The summed E-state index contributed by atoms with van der Waals surface area (Å²) in [5, 5.41) is 3.00. The van der Waals surface area contributed by atoms with Crippen molar-refractivity contribution in [2.75, 3.05) is 12.4 Å². The quantitative estimate of drug-likeness (QED) is 0.753. The predicted molar refractivity (Wildman–Crippen MR) is 84.9 cm³/mol. The second-order valence-corrected chi connectivity index (χ2v) is 6.75. The van der Waals surface area contributed by atoms with Gasteiger partial charge in [0.25, 0.3) is 5.91 Å². The molecule has 0 aliphatic rings. The largest absolute Gasteiger partial charge is 0.351 e. The Bertz CT molecular complexity index is 446. The lowest BCUT2D eigenvalue weighted by molar-refractivity contribution is 0.0933. The van der Waals surface area contributed by atoms with E-state index >= 15 is 0 Å². The molecule has 1 aromatic rings. The van der Waals surface area contributed by atoms with Gasteiger partial charge in [-0.3, -0.25) is 4.79 Å². The first-order valence-corrected chi connectivity index (χ1v) is 7.79. The number of nitrogens with one attached hydrogen (secondary N) is 1. The van der Waals surface area contributed by atoms with Crippen molar-refractivity contribution in [2.24, 2.45) is 5.41 Å². The second-order valence-electron chi connectivity index (χ2n) is 5.58. The van der Waals surface area contributed by atoms with E-state index < -0.39 is 0 Å². The summed E-state index contributed by atoms with van der Waals surface area (Å²) >= 11 is 9.18. The van der Waals surface area contributed by atoms with Gasteiger partial charge < -0.3 is 5.32 Å². The molecule has 106 valence electrons. The molecule has 0 saturated carbocycles. The van der Waals surface area contributed by atoms with E-state index in [2.05, 4.69) is 35.1 Å². The SMILES string of the molecule is Cc1cccc(C(=O)NCC(C)(C)CCCCl)c1Br. The van der Waals surface area contributed by atoms with Crippen molar-refractivity contribution in [1.82, 2.24) is 5.32 Å². The predicted octanol–water partition coefficient (Wildman–Crippen LogP) is 4.53. The molecule has 0 fully saturated rings. The first-order chi connectivity index (χ1) is 8.87. The molecule has 0 radical (unpaired) electrons. The smallest absolute Gasteiger partial charge is 0.252 e. The van der Waals surface area contributed by atoms with Crippen molar-refractivity contribution in [1.29, 1.82) is 0 Å². The van der Waals surface area contributed by atoms with Gasteiger partial charge in [0.2, 0.25) is 0 Å². The van der Waals surface area contributed by atoms with Crippen LogP contribution in [-0.2, 0) is 0 Å². The Hall–Kier alpha value is -0.540. The van der Waals surface area contributed by atoms with E-state index in [0.29, 0.717) is 18.0 Å². The van der Waals surface area contributed by atoms with E-state index in [-0.39, 0.29) is 11.3 Å². The Morgan fingerprint density at radius 1 is 1.42 bits per heavy atom. The average Bonchev–Trinajstić information content (AvgIpc) is 2.37. The highest BCUT2D eigenvalue weighted by atomic mass is 79.9. The van der Waals surface area contributed by atoms with Crippen LogP contribution in [-0.4, -0.2) is 18.3 Å². The number of alkyl halides is 1. The van der Waals surface area contributed by atoms with Gasteiger partial charge in [0.1, 0.15) is 0 Å². The number of hydrogen-bond acceptors (Lipinski definition) is 1. The summed E-state index contributed by atoms with van der Waals surface area (Å²) in [5.74, 6) is 0.635. The lowest BCUT2D eigenvalue weighted by Crippen LogP contribution is -2.34. The first kappa shape index (κ1) is 16.5. The highest BCUT2D eigenvalue weighted by Gasteiger charge is 2.19. The number of aryl methyl sites for hydroxylation is 1. The monoisotopic (exact) mass is 345 g/mol. The Morgan fingerprint density at radius 3 is 2.74 bits per heavy atom. The fraction of sp³-hybridized carbons (Fsp3) is 0.533. The average molecular weight is 347 g/mol. The van der Waals surface area contributed by atoms with Crippen LogP contribution in [0, 0.1) is 12.3 Å². The maximum absolute atomic E-state index is 12.2. The van der Waals surface area contributed by atoms with Crippen LogP contribution in [0.5, 0.6) is 0 Å². The number of rotatable bonds is 6. The zero-order valence-corrected chi connectivity index (χ0v) is 14.1. The van der Waals surface area contributed by atoms with Gasteiger partial charge in [-0.25, -0.2) is 0 Å². The maximum Gasteiger partial charge on any atom is 0.252 e. The van der Waals surface area contributed by atoms with Crippen molar-refractivity contribution >= 4 is 33.4 Å². The molecule has 1 aromatic carbocycles. The van der Waals surface area contributed by atoms with E-state index in [1.165, 1.54) is 0 Å². The zero-order chi connectivity index (χ0) is 14.5. The van der Waals surface area contributed by atoms with Crippen LogP contribution >= 0.6 is 27.5 Å². The number of amides is 1. The van der Waals surface area contributed by atoms with Crippen LogP contribution in [0.4, 0.5) is 0 Å². The van der Waals surface area contributed by atoms with E-state index in [4.69, 9.17) is 11.6 Å². The van der Waals surface area contributed by atoms with Crippen LogP contribution in [0.25, 0.3) is 0 Å². The molecular formula is C15H21BrClNO. The highest BCUT2D eigenvalue weighted by molar-refractivity contribution is 9.10. The van der Waals surface area contributed by atoms with Crippen molar-refractivity contribution in [3.63, 3.8) is 0 Å². The van der Waals surface area contributed by atoms with Gasteiger partial charge in [0.05, 0.1) is 5.56 Å². The molecule has 0 aliphatic heterocycles. The van der Waals surface area contributed by atoms with E-state index in [1.54, 1.807) is 0 Å². The Balaban J connectivity index is 2.63. The summed E-state index contributed by atoms with van der Waals surface area (Å²) in [7, 11) is 0. The molecule has 0 unspecified atom stereocenters. The van der Waals surface area contributed by atoms with E-state index in [9.17, 15) is 4.79 Å². The summed E-state index contributed by atoms with van der Waals surface area (Å²) in [4.78, 5) is 12.2. The third-order valence-corrected chi connectivity index (χ3v) is 4.47. The number of carbonyl (C=O) groups is 1. The minimum absolute atomic E-state index is 0.0328. The Labute approximate surface area is 129 Å². The lowest BCUT2D eigenvalue weighted by atomic mass is 9.88. The van der Waals surface area contributed by atoms with Crippen molar-refractivity contribution in [2.45, 2.75) is 33.6 Å². The summed E-state index contributed by atoms with van der Waals surface area (Å²) in [6.07, 6.45) is 1.98. The number of carbonyl (C=O) groups excluding carboxylic acids is 1. The third-order valence-electron chi connectivity index (χ3n) is 3.15. The van der Waals surface area contributed by atoms with Crippen molar-refractivity contribution < 1.29 is 4.79 Å². The molecule has 0 aromatic heterocycles. The van der Waals surface area contributed by atoms with Crippen molar-refractivity contribution in [3.8, 4) is 0 Å². The summed E-state index contributed by atoms with van der Waals surface area (Å²) in [5.41, 5.74) is 1.82. The molecule has 0 bridgehead atoms. The van der Waals surface area contributed by atoms with E-state index in [1.807, 2.05) is 25.1 Å². The molecule has 0 heterocycles. The molecule has 0 atom stereocenters. The summed E-state index contributed by atoms with van der Waals surface area (Å²) in [6, 6.07) is 5.71. The molecule has 0 saturated heterocycles. The first-order valence-electron chi connectivity index (χ1n) is 6.47. The molecule has 0 aliphatic carbocycles. The fourth-order valence-electron chi connectivity index (χ4n) is 1.87.